The van der Waals surface area contributed by atoms with Crippen LogP contribution in [0.25, 0.3) is 6.08 Å². The molecule has 0 saturated carbocycles. The minimum atomic E-state index is -0.437. The minimum Gasteiger partial charge on any atom is -0.465 e. The lowest BCUT2D eigenvalue weighted by atomic mass is 10.1. The summed E-state index contributed by atoms with van der Waals surface area (Å²) in [5, 5.41) is 2.52. The van der Waals surface area contributed by atoms with Crippen LogP contribution in [0.2, 0.25) is 0 Å². The van der Waals surface area contributed by atoms with E-state index >= 15 is 0 Å². The summed E-state index contributed by atoms with van der Waals surface area (Å²) in [6, 6.07) is 6.91. The van der Waals surface area contributed by atoms with E-state index in [4.69, 9.17) is 12.2 Å². The maximum atomic E-state index is 11.6. The van der Waals surface area contributed by atoms with E-state index in [0.717, 1.165) is 0 Å². The highest BCUT2D eigenvalue weighted by Crippen LogP contribution is 2.26. The fourth-order valence-corrected chi connectivity index (χ4v) is 2.52. The molecular formula is C12H9NO3S2. The molecule has 0 aliphatic carbocycles. The van der Waals surface area contributed by atoms with Gasteiger partial charge >= 0.3 is 5.97 Å². The van der Waals surface area contributed by atoms with Crippen LogP contribution in [0.4, 0.5) is 0 Å². The van der Waals surface area contributed by atoms with Gasteiger partial charge in [0.25, 0.3) is 5.91 Å². The first-order valence-corrected chi connectivity index (χ1v) is 6.26. The highest BCUT2D eigenvalue weighted by atomic mass is 32.2. The number of benzene rings is 1. The van der Waals surface area contributed by atoms with Gasteiger partial charge in [0.05, 0.1) is 17.6 Å². The number of methoxy groups -OCH3 is 1. The predicted molar refractivity (Wildman–Crippen MR) is 74.1 cm³/mol. The zero-order chi connectivity index (χ0) is 13.1. The van der Waals surface area contributed by atoms with Gasteiger partial charge in [-0.2, -0.15) is 0 Å². The van der Waals surface area contributed by atoms with Crippen LogP contribution in [0.5, 0.6) is 0 Å². The van der Waals surface area contributed by atoms with Crippen LogP contribution < -0.4 is 5.32 Å². The predicted octanol–water partition coefficient (Wildman–Crippen LogP) is 1.96. The van der Waals surface area contributed by atoms with Gasteiger partial charge in [-0.05, 0) is 17.7 Å². The summed E-state index contributed by atoms with van der Waals surface area (Å²) in [6.45, 7) is 0. The van der Waals surface area contributed by atoms with Gasteiger partial charge < -0.3 is 10.1 Å². The average Bonchev–Trinajstić information content (AvgIpc) is 2.67. The van der Waals surface area contributed by atoms with Gasteiger partial charge in [-0.15, -0.1) is 0 Å². The summed E-state index contributed by atoms with van der Waals surface area (Å²) in [4.78, 5) is 23.6. The Labute approximate surface area is 113 Å². The summed E-state index contributed by atoms with van der Waals surface area (Å²) in [5.41, 5.74) is 1.05. The number of thioether (sulfide) groups is 1. The quantitative estimate of drug-likeness (QED) is 0.509. The van der Waals surface area contributed by atoms with Gasteiger partial charge in [-0.1, -0.05) is 42.2 Å². The van der Waals surface area contributed by atoms with Crippen LogP contribution in [0.1, 0.15) is 15.9 Å². The van der Waals surface area contributed by atoms with Crippen LogP contribution >= 0.6 is 24.0 Å². The number of carbonyl (C=O) groups is 2. The summed E-state index contributed by atoms with van der Waals surface area (Å²) < 4.78 is 5.11. The topological polar surface area (TPSA) is 55.4 Å². The molecule has 1 heterocycles. The van der Waals surface area contributed by atoms with Crippen LogP contribution in [0.15, 0.2) is 29.2 Å². The zero-order valence-electron chi connectivity index (χ0n) is 9.43. The molecule has 1 aromatic rings. The largest absolute Gasteiger partial charge is 0.465 e. The van der Waals surface area contributed by atoms with Gasteiger partial charge in [0.1, 0.15) is 4.32 Å². The molecule has 1 saturated heterocycles. The van der Waals surface area contributed by atoms with E-state index < -0.39 is 5.97 Å². The second kappa shape index (κ2) is 5.32. The van der Waals surface area contributed by atoms with E-state index in [1.54, 1.807) is 30.3 Å². The molecule has 0 radical (unpaired) electrons. The minimum absolute atomic E-state index is 0.246. The fourth-order valence-electron chi connectivity index (χ4n) is 1.48. The Balaban J connectivity index is 2.40. The van der Waals surface area contributed by atoms with Crippen molar-refractivity contribution in [3.05, 3.63) is 40.3 Å². The van der Waals surface area contributed by atoms with E-state index in [-0.39, 0.29) is 5.91 Å². The lowest BCUT2D eigenvalue weighted by Crippen LogP contribution is -2.17. The molecular weight excluding hydrogens is 270 g/mol. The number of amides is 1. The third-order valence-corrected chi connectivity index (χ3v) is 3.46. The van der Waals surface area contributed by atoms with Crippen LogP contribution in [-0.2, 0) is 9.53 Å². The third kappa shape index (κ3) is 2.60. The van der Waals surface area contributed by atoms with E-state index in [1.807, 2.05) is 0 Å². The van der Waals surface area contributed by atoms with Crippen LogP contribution in [0.3, 0.4) is 0 Å². The molecule has 1 N–H and O–H groups in total. The van der Waals surface area contributed by atoms with Gasteiger partial charge in [-0.3, -0.25) is 4.79 Å². The summed E-state index contributed by atoms with van der Waals surface area (Å²) >= 11 is 6.07. The monoisotopic (exact) mass is 279 g/mol. The highest BCUT2D eigenvalue weighted by Gasteiger charge is 2.22. The number of thiocarbonyl (C=S) groups is 1. The molecule has 0 bridgehead atoms. The summed E-state index contributed by atoms with van der Waals surface area (Å²) in [5.74, 6) is -0.682. The Kier molecular flexibility index (Phi) is 3.78. The van der Waals surface area contributed by atoms with E-state index in [1.165, 1.54) is 18.9 Å². The van der Waals surface area contributed by atoms with Crippen molar-refractivity contribution in [1.82, 2.24) is 5.32 Å². The Morgan fingerprint density at radius 2 is 2.17 bits per heavy atom. The van der Waals surface area contributed by atoms with Gasteiger partial charge in [-0.25, -0.2) is 4.79 Å². The zero-order valence-corrected chi connectivity index (χ0v) is 11.1. The molecule has 92 valence electrons. The lowest BCUT2D eigenvalue weighted by Gasteiger charge is -2.03. The molecule has 0 unspecified atom stereocenters. The molecule has 1 aliphatic rings. The van der Waals surface area contributed by atoms with Crippen LogP contribution in [-0.4, -0.2) is 23.3 Å². The molecule has 1 fully saturated rings. The van der Waals surface area contributed by atoms with Crippen molar-refractivity contribution in [3.63, 3.8) is 0 Å². The second-order valence-corrected chi connectivity index (χ2v) is 5.15. The molecule has 1 aliphatic heterocycles. The Morgan fingerprint density at radius 3 is 2.78 bits per heavy atom. The fraction of sp³-hybridized carbons (Fsp3) is 0.0833. The molecule has 18 heavy (non-hydrogen) atoms. The summed E-state index contributed by atoms with van der Waals surface area (Å²) in [7, 11) is 1.32. The lowest BCUT2D eigenvalue weighted by molar-refractivity contribution is -0.115. The van der Waals surface area contributed by atoms with E-state index in [2.05, 4.69) is 10.1 Å². The number of hydrogen-bond donors (Lipinski definition) is 1. The first kappa shape index (κ1) is 12.8. The van der Waals surface area contributed by atoms with Gasteiger partial charge in [0, 0.05) is 0 Å². The van der Waals surface area contributed by atoms with Crippen molar-refractivity contribution in [2.24, 2.45) is 0 Å². The van der Waals surface area contributed by atoms with Crippen molar-refractivity contribution in [1.29, 1.82) is 0 Å². The SMILES string of the molecule is COC(=O)c1ccccc1/C=C1\SC(=S)NC1=O. The molecule has 6 heteroatoms. The smallest absolute Gasteiger partial charge is 0.338 e. The van der Waals surface area contributed by atoms with Crippen LogP contribution in [0, 0.1) is 0 Å². The number of ether oxygens (including phenoxy) is 1. The van der Waals surface area contributed by atoms with Crippen molar-refractivity contribution in [3.8, 4) is 0 Å². The number of nitrogens with one attached hydrogen (secondary N) is 1. The maximum absolute atomic E-state index is 11.6. The molecule has 2 rings (SSSR count). The van der Waals surface area contributed by atoms with Gasteiger partial charge in [0.2, 0.25) is 0 Å². The Hall–Kier alpha value is -1.66. The molecule has 0 aromatic heterocycles. The van der Waals surface area contributed by atoms with Crippen molar-refractivity contribution in [2.75, 3.05) is 7.11 Å². The standard InChI is InChI=1S/C12H9NO3S2/c1-16-11(15)8-5-3-2-4-7(8)6-9-10(14)13-12(17)18-9/h2-6H,1H3,(H,13,14,17)/b9-6-. The molecule has 0 spiro atoms. The number of hydrogen-bond acceptors (Lipinski definition) is 5. The molecule has 1 aromatic carbocycles. The summed E-state index contributed by atoms with van der Waals surface area (Å²) in [6.07, 6.45) is 1.63. The third-order valence-electron chi connectivity index (χ3n) is 2.29. The molecule has 1 amide bonds. The first-order chi connectivity index (χ1) is 8.61. The molecule has 0 atom stereocenters. The number of rotatable bonds is 2. The second-order valence-electron chi connectivity index (χ2n) is 3.43. The number of esters is 1. The number of carbonyl (C=O) groups excluding carboxylic acids is 2. The molecule has 4 nitrogen and oxygen atoms in total. The van der Waals surface area contributed by atoms with Crippen molar-refractivity contribution >= 4 is 46.3 Å². The Morgan fingerprint density at radius 1 is 1.44 bits per heavy atom. The average molecular weight is 279 g/mol. The normalized spacial score (nSPS) is 16.8. The highest BCUT2D eigenvalue weighted by molar-refractivity contribution is 8.26. The van der Waals surface area contributed by atoms with Crippen molar-refractivity contribution in [2.45, 2.75) is 0 Å². The van der Waals surface area contributed by atoms with Crippen molar-refractivity contribution < 1.29 is 14.3 Å². The van der Waals surface area contributed by atoms with E-state index in [9.17, 15) is 9.59 Å². The van der Waals surface area contributed by atoms with E-state index in [0.29, 0.717) is 20.4 Å². The first-order valence-electron chi connectivity index (χ1n) is 5.04. The van der Waals surface area contributed by atoms with Gasteiger partial charge in [0.15, 0.2) is 0 Å². The maximum Gasteiger partial charge on any atom is 0.338 e. The Bertz CT molecular complexity index is 566.